The number of anilines is 1. The summed E-state index contributed by atoms with van der Waals surface area (Å²) in [5, 5.41) is 13.9. The van der Waals surface area contributed by atoms with Crippen molar-refractivity contribution in [2.75, 3.05) is 11.9 Å². The van der Waals surface area contributed by atoms with Crippen molar-refractivity contribution in [2.45, 2.75) is 39.2 Å². The van der Waals surface area contributed by atoms with Gasteiger partial charge >= 0.3 is 0 Å². The van der Waals surface area contributed by atoms with Crippen LogP contribution in [0, 0.1) is 0 Å². The first-order valence-corrected chi connectivity index (χ1v) is 10.6. The van der Waals surface area contributed by atoms with Crippen LogP contribution in [0.5, 0.6) is 0 Å². The van der Waals surface area contributed by atoms with Crippen LogP contribution in [0.15, 0.2) is 66.7 Å². The molecule has 154 valence electrons. The highest BCUT2D eigenvalue weighted by Crippen LogP contribution is 2.32. The number of nitrogens with one attached hydrogen (secondary N) is 2. The second-order valence-electron chi connectivity index (χ2n) is 8.25. The minimum absolute atomic E-state index is 0.866. The third kappa shape index (κ3) is 4.39. The number of hydrogen-bond acceptors (Lipinski definition) is 3. The Kier molecular flexibility index (Phi) is 5.60. The van der Waals surface area contributed by atoms with E-state index in [2.05, 4.69) is 65.8 Å². The van der Waals surface area contributed by atoms with Gasteiger partial charge in [0.1, 0.15) is 5.82 Å². The number of imidazole rings is 1. The van der Waals surface area contributed by atoms with Crippen LogP contribution in [0.25, 0.3) is 22.2 Å². The maximum absolute atomic E-state index is 10.5. The van der Waals surface area contributed by atoms with Crippen LogP contribution in [-0.2, 0) is 18.4 Å². The number of aromatic amines is 1. The lowest BCUT2D eigenvalue weighted by Crippen LogP contribution is -2.16. The Morgan fingerprint density at radius 3 is 2.47 bits per heavy atom. The van der Waals surface area contributed by atoms with Crippen LogP contribution >= 0.6 is 0 Å². The molecular formula is C26H29N3O. The highest BCUT2D eigenvalue weighted by atomic mass is 16.3. The number of H-pyrrole nitrogens is 1. The summed E-state index contributed by atoms with van der Waals surface area (Å²) in [7, 11) is 0. The predicted octanol–water partition coefficient (Wildman–Crippen LogP) is 5.67. The van der Waals surface area contributed by atoms with E-state index in [1.807, 2.05) is 32.0 Å². The van der Waals surface area contributed by atoms with Crippen molar-refractivity contribution in [3.05, 3.63) is 83.7 Å². The van der Waals surface area contributed by atoms with E-state index < -0.39 is 5.60 Å². The molecule has 0 aliphatic carbocycles. The highest BCUT2D eigenvalue weighted by molar-refractivity contribution is 5.83. The van der Waals surface area contributed by atoms with Crippen LogP contribution in [0.4, 0.5) is 5.69 Å². The van der Waals surface area contributed by atoms with Crippen LogP contribution < -0.4 is 5.32 Å². The second kappa shape index (κ2) is 8.33. The number of hydrogen-bond donors (Lipinski definition) is 3. The molecule has 0 saturated heterocycles. The molecule has 0 aliphatic rings. The number of aryl methyl sites for hydroxylation is 2. The maximum atomic E-state index is 10.5. The van der Waals surface area contributed by atoms with E-state index in [0.717, 1.165) is 58.6 Å². The molecule has 30 heavy (non-hydrogen) atoms. The zero-order valence-electron chi connectivity index (χ0n) is 17.9. The molecule has 0 fully saturated rings. The molecule has 1 aromatic heterocycles. The molecule has 0 aliphatic heterocycles. The molecule has 0 atom stereocenters. The van der Waals surface area contributed by atoms with E-state index in [-0.39, 0.29) is 0 Å². The van der Waals surface area contributed by atoms with Gasteiger partial charge < -0.3 is 15.4 Å². The molecule has 1 heterocycles. The number of benzene rings is 3. The Morgan fingerprint density at radius 2 is 1.73 bits per heavy atom. The first-order valence-electron chi connectivity index (χ1n) is 10.6. The van der Waals surface area contributed by atoms with Crippen LogP contribution in [0.2, 0.25) is 0 Å². The van der Waals surface area contributed by atoms with Crippen molar-refractivity contribution >= 4 is 16.7 Å². The third-order valence-corrected chi connectivity index (χ3v) is 5.41. The van der Waals surface area contributed by atoms with Gasteiger partial charge in [0.15, 0.2) is 0 Å². The van der Waals surface area contributed by atoms with Crippen molar-refractivity contribution in [1.82, 2.24) is 9.97 Å². The highest BCUT2D eigenvalue weighted by Gasteiger charge is 2.20. The molecule has 3 N–H and O–H groups in total. The summed E-state index contributed by atoms with van der Waals surface area (Å²) in [6.07, 6.45) is 1.81. The molecule has 0 unspecified atom stereocenters. The van der Waals surface area contributed by atoms with E-state index in [4.69, 9.17) is 4.98 Å². The van der Waals surface area contributed by atoms with Crippen LogP contribution in [-0.4, -0.2) is 21.6 Å². The van der Waals surface area contributed by atoms with Gasteiger partial charge in [-0.3, -0.25) is 0 Å². The largest absolute Gasteiger partial charge is 0.386 e. The van der Waals surface area contributed by atoms with Gasteiger partial charge in [-0.1, -0.05) is 42.5 Å². The quantitative estimate of drug-likeness (QED) is 0.375. The topological polar surface area (TPSA) is 60.9 Å². The summed E-state index contributed by atoms with van der Waals surface area (Å²) < 4.78 is 0. The van der Waals surface area contributed by atoms with E-state index >= 15 is 0 Å². The van der Waals surface area contributed by atoms with Gasteiger partial charge in [0.2, 0.25) is 0 Å². The Labute approximate surface area is 178 Å². The van der Waals surface area contributed by atoms with Crippen molar-refractivity contribution in [2.24, 2.45) is 0 Å². The summed E-state index contributed by atoms with van der Waals surface area (Å²) in [5.74, 6) is 0.994. The first-order chi connectivity index (χ1) is 14.4. The average molecular weight is 400 g/mol. The Bertz CT molecular complexity index is 1140. The molecule has 3 aromatic carbocycles. The van der Waals surface area contributed by atoms with Crippen molar-refractivity contribution in [3.63, 3.8) is 0 Å². The summed E-state index contributed by atoms with van der Waals surface area (Å²) in [6, 6.07) is 22.9. The normalized spacial score (nSPS) is 11.7. The predicted molar refractivity (Wildman–Crippen MR) is 125 cm³/mol. The third-order valence-electron chi connectivity index (χ3n) is 5.41. The number of aliphatic hydroxyl groups is 1. The number of fused-ring (bicyclic) bond motifs is 1. The van der Waals surface area contributed by atoms with Gasteiger partial charge in [-0.2, -0.15) is 0 Å². The molecule has 4 aromatic rings. The minimum atomic E-state index is -0.896. The van der Waals surface area contributed by atoms with E-state index in [1.165, 1.54) is 5.56 Å². The monoisotopic (exact) mass is 399 g/mol. The Morgan fingerprint density at radius 1 is 0.967 bits per heavy atom. The average Bonchev–Trinajstić information content (AvgIpc) is 3.15. The van der Waals surface area contributed by atoms with Gasteiger partial charge in [0.25, 0.3) is 0 Å². The maximum Gasteiger partial charge on any atom is 0.107 e. The Hall–Kier alpha value is -3.11. The van der Waals surface area contributed by atoms with E-state index in [0.29, 0.717) is 0 Å². The molecule has 0 bridgehead atoms. The van der Waals surface area contributed by atoms with Gasteiger partial charge in [-0.15, -0.1) is 0 Å². The summed E-state index contributed by atoms with van der Waals surface area (Å²) in [5.41, 5.74) is 6.60. The molecule has 4 nitrogen and oxygen atoms in total. The smallest absolute Gasteiger partial charge is 0.107 e. The molecule has 0 spiro atoms. The Balaban J connectivity index is 1.55. The SMILES string of the molecule is CCNc1ccc(CCc2nc3ccc(-c4ccccc4C(C)(C)O)cc3[nH]2)cc1. The lowest BCUT2D eigenvalue weighted by atomic mass is 9.89. The fourth-order valence-electron chi connectivity index (χ4n) is 3.87. The summed E-state index contributed by atoms with van der Waals surface area (Å²) in [6.45, 7) is 6.68. The minimum Gasteiger partial charge on any atom is -0.386 e. The molecule has 0 amide bonds. The lowest BCUT2D eigenvalue weighted by molar-refractivity contribution is 0.0792. The summed E-state index contributed by atoms with van der Waals surface area (Å²) >= 11 is 0. The molecular weight excluding hydrogens is 370 g/mol. The second-order valence-corrected chi connectivity index (χ2v) is 8.25. The summed E-state index contributed by atoms with van der Waals surface area (Å²) in [4.78, 5) is 8.24. The van der Waals surface area contributed by atoms with Gasteiger partial charge in [-0.25, -0.2) is 4.98 Å². The zero-order chi connectivity index (χ0) is 21.1. The van der Waals surface area contributed by atoms with Crippen LogP contribution in [0.3, 0.4) is 0 Å². The van der Waals surface area contributed by atoms with Crippen molar-refractivity contribution < 1.29 is 5.11 Å². The molecule has 0 radical (unpaired) electrons. The number of rotatable bonds is 7. The number of aromatic nitrogens is 2. The molecule has 0 saturated carbocycles. The molecule has 4 rings (SSSR count). The van der Waals surface area contributed by atoms with E-state index in [1.54, 1.807) is 0 Å². The molecule has 4 heteroatoms. The standard InChI is InChI=1S/C26H29N3O/c1-4-27-20-13-9-18(10-14-20)11-16-25-28-23-15-12-19(17-24(23)29-25)21-7-5-6-8-22(21)26(2,3)30/h5-10,12-15,17,27,30H,4,11,16H2,1-3H3,(H,28,29). The fraction of sp³-hybridized carbons (Fsp3) is 0.269. The van der Waals surface area contributed by atoms with E-state index in [9.17, 15) is 5.11 Å². The van der Waals surface area contributed by atoms with Gasteiger partial charge in [0.05, 0.1) is 16.6 Å². The van der Waals surface area contributed by atoms with Crippen molar-refractivity contribution in [1.29, 1.82) is 0 Å². The van der Waals surface area contributed by atoms with Gasteiger partial charge in [0, 0.05) is 18.7 Å². The first kappa shape index (κ1) is 20.2. The number of nitrogens with zero attached hydrogens (tertiary/aromatic N) is 1. The van der Waals surface area contributed by atoms with Gasteiger partial charge in [-0.05, 0) is 73.7 Å². The fourth-order valence-corrected chi connectivity index (χ4v) is 3.87. The van der Waals surface area contributed by atoms with Crippen molar-refractivity contribution in [3.8, 4) is 11.1 Å². The zero-order valence-corrected chi connectivity index (χ0v) is 17.9. The lowest BCUT2D eigenvalue weighted by Gasteiger charge is -2.21. The van der Waals surface area contributed by atoms with Crippen LogP contribution in [0.1, 0.15) is 37.7 Å².